The molecule has 0 saturated carbocycles. The highest BCUT2D eigenvalue weighted by Gasteiger charge is 2.35. The fourth-order valence-electron chi connectivity index (χ4n) is 2.81. The van der Waals surface area contributed by atoms with Crippen LogP contribution >= 0.6 is 15.9 Å². The third kappa shape index (κ3) is 4.19. The minimum Gasteiger partial charge on any atom is -0.378 e. The van der Waals surface area contributed by atoms with Crippen molar-refractivity contribution in [2.24, 2.45) is 0 Å². The molecule has 0 bridgehead atoms. The van der Waals surface area contributed by atoms with E-state index in [4.69, 9.17) is 4.74 Å². The first-order valence-corrected chi connectivity index (χ1v) is 8.75. The molecule has 2 aromatic rings. The van der Waals surface area contributed by atoms with Crippen LogP contribution in [0.2, 0.25) is 0 Å². The summed E-state index contributed by atoms with van der Waals surface area (Å²) in [4.78, 5) is 14.6. The molecule has 1 heterocycles. The van der Waals surface area contributed by atoms with Gasteiger partial charge in [-0.1, -0.05) is 28.1 Å². The third-order valence-electron chi connectivity index (χ3n) is 4.04. The summed E-state index contributed by atoms with van der Waals surface area (Å²) in [5.41, 5.74) is -0.175. The van der Waals surface area contributed by atoms with E-state index in [-0.39, 0.29) is 0 Å². The van der Waals surface area contributed by atoms with Gasteiger partial charge in [0.1, 0.15) is 0 Å². The van der Waals surface area contributed by atoms with Crippen molar-refractivity contribution in [3.05, 3.63) is 58.1 Å². The molecule has 8 heteroatoms. The minimum atomic E-state index is -4.60. The van der Waals surface area contributed by atoms with E-state index >= 15 is 0 Å². The van der Waals surface area contributed by atoms with E-state index in [1.165, 1.54) is 18.2 Å². The van der Waals surface area contributed by atoms with E-state index in [2.05, 4.69) is 21.2 Å². The van der Waals surface area contributed by atoms with Crippen LogP contribution < -0.4 is 10.2 Å². The van der Waals surface area contributed by atoms with Gasteiger partial charge in [0.25, 0.3) is 5.91 Å². The van der Waals surface area contributed by atoms with Gasteiger partial charge in [-0.25, -0.2) is 0 Å². The number of carbonyl (C=O) groups is 1. The van der Waals surface area contributed by atoms with Crippen LogP contribution in [0, 0.1) is 0 Å². The number of carbonyl (C=O) groups excluding carboxylic acids is 1. The fourth-order valence-corrected chi connectivity index (χ4v) is 3.17. The number of rotatable bonds is 3. The number of morpholine rings is 1. The van der Waals surface area contributed by atoms with Crippen molar-refractivity contribution in [3.8, 4) is 0 Å². The van der Waals surface area contributed by atoms with Gasteiger partial charge in [0.15, 0.2) is 0 Å². The van der Waals surface area contributed by atoms with Gasteiger partial charge < -0.3 is 15.0 Å². The maximum absolute atomic E-state index is 13.2. The van der Waals surface area contributed by atoms with Gasteiger partial charge in [0.2, 0.25) is 0 Å². The third-order valence-corrected chi connectivity index (χ3v) is 4.53. The van der Waals surface area contributed by atoms with Crippen molar-refractivity contribution in [1.82, 2.24) is 0 Å². The molecule has 0 atom stereocenters. The Balaban J connectivity index is 1.92. The highest BCUT2D eigenvalue weighted by atomic mass is 79.9. The van der Waals surface area contributed by atoms with Crippen LogP contribution in [0.25, 0.3) is 0 Å². The van der Waals surface area contributed by atoms with Crippen molar-refractivity contribution in [3.63, 3.8) is 0 Å². The molecule has 26 heavy (non-hydrogen) atoms. The Hall–Kier alpha value is -2.06. The number of hydrogen-bond acceptors (Lipinski definition) is 3. The summed E-state index contributed by atoms with van der Waals surface area (Å²) >= 11 is 3.34. The second-order valence-electron chi connectivity index (χ2n) is 5.76. The number of halogens is 4. The Kier molecular flexibility index (Phi) is 5.52. The Bertz CT molecular complexity index is 805. The second kappa shape index (κ2) is 7.67. The minimum absolute atomic E-state index is 0.409. The van der Waals surface area contributed by atoms with E-state index in [0.717, 1.165) is 11.8 Å². The van der Waals surface area contributed by atoms with Crippen LogP contribution in [0.3, 0.4) is 0 Å². The summed E-state index contributed by atoms with van der Waals surface area (Å²) in [5.74, 6) is -0.800. The molecule has 0 radical (unpaired) electrons. The van der Waals surface area contributed by atoms with E-state index in [1.807, 2.05) is 17.0 Å². The monoisotopic (exact) mass is 428 g/mol. The molecular weight excluding hydrogens is 413 g/mol. The second-order valence-corrected chi connectivity index (χ2v) is 6.67. The zero-order chi connectivity index (χ0) is 18.7. The number of amides is 1. The summed E-state index contributed by atoms with van der Waals surface area (Å²) in [6.07, 6.45) is -4.60. The van der Waals surface area contributed by atoms with Crippen molar-refractivity contribution in [2.75, 3.05) is 36.5 Å². The van der Waals surface area contributed by atoms with E-state index in [1.54, 1.807) is 6.07 Å². The molecule has 1 amide bonds. The smallest absolute Gasteiger partial charge is 0.378 e. The molecule has 3 rings (SSSR count). The van der Waals surface area contributed by atoms with Crippen LogP contribution in [-0.2, 0) is 10.9 Å². The molecule has 138 valence electrons. The maximum atomic E-state index is 13.2. The molecule has 1 saturated heterocycles. The van der Waals surface area contributed by atoms with Crippen molar-refractivity contribution in [2.45, 2.75) is 6.18 Å². The van der Waals surface area contributed by atoms with E-state index in [9.17, 15) is 18.0 Å². The molecular formula is C18H16BrF3N2O2. The molecule has 4 nitrogen and oxygen atoms in total. The first-order chi connectivity index (χ1) is 12.4. The lowest BCUT2D eigenvalue weighted by atomic mass is 10.1. The Morgan fingerprint density at radius 1 is 1.12 bits per heavy atom. The maximum Gasteiger partial charge on any atom is 0.417 e. The molecule has 0 spiro atoms. The first kappa shape index (κ1) is 18.7. The molecule has 1 N–H and O–H groups in total. The molecule has 1 aliphatic rings. The van der Waals surface area contributed by atoms with E-state index < -0.39 is 23.2 Å². The normalized spacial score (nSPS) is 15.0. The molecule has 2 aromatic carbocycles. The molecule has 1 aliphatic heterocycles. The highest BCUT2D eigenvalue weighted by molar-refractivity contribution is 9.10. The fraction of sp³-hybridized carbons (Fsp3) is 0.278. The number of nitrogens with zero attached hydrogens (tertiary/aromatic N) is 1. The van der Waals surface area contributed by atoms with Crippen LogP contribution in [-0.4, -0.2) is 32.2 Å². The zero-order valence-electron chi connectivity index (χ0n) is 13.6. The van der Waals surface area contributed by atoms with Crippen LogP contribution in [0.1, 0.15) is 15.9 Å². The zero-order valence-corrected chi connectivity index (χ0v) is 15.2. The summed E-state index contributed by atoms with van der Waals surface area (Å²) in [5, 5.41) is 2.63. The van der Waals surface area contributed by atoms with Gasteiger partial charge in [-0.05, 0) is 30.3 Å². The van der Waals surface area contributed by atoms with Crippen molar-refractivity contribution >= 4 is 33.2 Å². The Labute approximate surface area is 157 Å². The van der Waals surface area contributed by atoms with Crippen LogP contribution in [0.5, 0.6) is 0 Å². The van der Waals surface area contributed by atoms with Gasteiger partial charge >= 0.3 is 6.18 Å². The van der Waals surface area contributed by atoms with Gasteiger partial charge in [-0.15, -0.1) is 0 Å². The molecule has 1 fully saturated rings. The lowest BCUT2D eigenvalue weighted by Crippen LogP contribution is -2.36. The van der Waals surface area contributed by atoms with Crippen LogP contribution in [0.4, 0.5) is 24.5 Å². The number of hydrogen-bond donors (Lipinski definition) is 1. The molecule has 0 aromatic heterocycles. The predicted octanol–water partition coefficient (Wildman–Crippen LogP) is 4.56. The van der Waals surface area contributed by atoms with Gasteiger partial charge in [-0.2, -0.15) is 13.2 Å². The number of alkyl halides is 3. The lowest BCUT2D eigenvalue weighted by Gasteiger charge is -2.30. The SMILES string of the molecule is O=C(Nc1cc(Br)ccc1N1CCOCC1)c1ccccc1C(F)(F)F. The van der Waals surface area contributed by atoms with Gasteiger partial charge in [0.05, 0.1) is 35.7 Å². The quantitative estimate of drug-likeness (QED) is 0.778. The number of benzene rings is 2. The number of anilines is 2. The molecule has 0 unspecified atom stereocenters. The van der Waals surface area contributed by atoms with Gasteiger partial charge in [-0.3, -0.25) is 4.79 Å². The lowest BCUT2D eigenvalue weighted by molar-refractivity contribution is -0.137. The Morgan fingerprint density at radius 2 is 1.81 bits per heavy atom. The average Bonchev–Trinajstić information content (AvgIpc) is 2.62. The van der Waals surface area contributed by atoms with Crippen molar-refractivity contribution in [1.29, 1.82) is 0 Å². The number of ether oxygens (including phenoxy) is 1. The summed E-state index contributed by atoms with van der Waals surface area (Å²) in [6, 6.07) is 10.1. The Morgan fingerprint density at radius 3 is 2.50 bits per heavy atom. The first-order valence-electron chi connectivity index (χ1n) is 7.96. The average molecular weight is 429 g/mol. The predicted molar refractivity (Wildman–Crippen MR) is 96.6 cm³/mol. The summed E-state index contributed by atoms with van der Waals surface area (Å²) in [7, 11) is 0. The van der Waals surface area contributed by atoms with Crippen LogP contribution in [0.15, 0.2) is 46.9 Å². The number of nitrogens with one attached hydrogen (secondary N) is 1. The highest BCUT2D eigenvalue weighted by Crippen LogP contribution is 2.34. The standard InChI is InChI=1S/C18H16BrF3N2O2/c19-12-5-6-16(24-7-9-26-10-8-24)15(11-12)23-17(25)13-3-1-2-4-14(13)18(20,21)22/h1-6,11H,7-10H2,(H,23,25). The van der Waals surface area contributed by atoms with Crippen molar-refractivity contribution < 1.29 is 22.7 Å². The van der Waals surface area contributed by atoms with E-state index in [0.29, 0.717) is 36.5 Å². The molecule has 0 aliphatic carbocycles. The summed E-state index contributed by atoms with van der Waals surface area (Å²) in [6.45, 7) is 2.40. The van der Waals surface area contributed by atoms with Gasteiger partial charge in [0, 0.05) is 17.6 Å². The summed E-state index contributed by atoms with van der Waals surface area (Å²) < 4.78 is 45.6. The largest absolute Gasteiger partial charge is 0.417 e. The topological polar surface area (TPSA) is 41.6 Å².